The van der Waals surface area contributed by atoms with E-state index < -0.39 is 0 Å². The lowest BCUT2D eigenvalue weighted by Gasteiger charge is -2.24. The minimum atomic E-state index is 0.271. The fraction of sp³-hybridized carbons (Fsp3) is 0.312. The molecule has 0 aliphatic heterocycles. The van der Waals surface area contributed by atoms with Crippen LogP contribution in [0.15, 0.2) is 48.6 Å². The van der Waals surface area contributed by atoms with Gasteiger partial charge in [0, 0.05) is 5.92 Å². The molecule has 0 saturated heterocycles. The van der Waals surface area contributed by atoms with Crippen LogP contribution in [-0.2, 0) is 4.79 Å². The molecular formula is C16H14O. The van der Waals surface area contributed by atoms with Crippen LogP contribution in [0.25, 0.3) is 5.57 Å². The van der Waals surface area contributed by atoms with Crippen molar-refractivity contribution >= 4 is 11.4 Å². The third-order valence-corrected chi connectivity index (χ3v) is 4.58. The summed E-state index contributed by atoms with van der Waals surface area (Å²) in [6.45, 7) is 0. The predicted molar refractivity (Wildman–Crippen MR) is 67.1 cm³/mol. The minimum absolute atomic E-state index is 0.271. The molecule has 1 aromatic rings. The lowest BCUT2D eigenvalue weighted by Crippen LogP contribution is -2.21. The molecule has 17 heavy (non-hydrogen) atoms. The van der Waals surface area contributed by atoms with Crippen molar-refractivity contribution in [2.45, 2.75) is 6.42 Å². The molecule has 84 valence electrons. The Morgan fingerprint density at radius 1 is 1.12 bits per heavy atom. The van der Waals surface area contributed by atoms with Crippen LogP contribution in [0.3, 0.4) is 0 Å². The zero-order valence-electron chi connectivity index (χ0n) is 9.54. The number of hydrogen-bond acceptors (Lipinski definition) is 1. The van der Waals surface area contributed by atoms with Crippen molar-refractivity contribution in [3.63, 3.8) is 0 Å². The summed E-state index contributed by atoms with van der Waals surface area (Å²) in [4.78, 5) is 11.8. The SMILES string of the molecule is O=C1C=C[C@H]2[C@@H]1[C@H]1C=C(c3ccccc3)[C@@H]2C1. The van der Waals surface area contributed by atoms with E-state index >= 15 is 0 Å². The summed E-state index contributed by atoms with van der Waals surface area (Å²) >= 11 is 0. The van der Waals surface area contributed by atoms with Crippen molar-refractivity contribution < 1.29 is 4.79 Å². The summed E-state index contributed by atoms with van der Waals surface area (Å²) in [5, 5.41) is 0. The van der Waals surface area contributed by atoms with Crippen LogP contribution >= 0.6 is 0 Å². The maximum Gasteiger partial charge on any atom is 0.159 e. The number of rotatable bonds is 1. The van der Waals surface area contributed by atoms with Crippen LogP contribution in [0.4, 0.5) is 0 Å². The van der Waals surface area contributed by atoms with Crippen molar-refractivity contribution in [2.24, 2.45) is 23.7 Å². The Bertz CT molecular complexity index is 538. The summed E-state index contributed by atoms with van der Waals surface area (Å²) in [5.74, 6) is 2.17. The van der Waals surface area contributed by atoms with E-state index in [1.165, 1.54) is 17.6 Å². The van der Waals surface area contributed by atoms with E-state index in [1.54, 1.807) is 6.08 Å². The second-order valence-electron chi connectivity index (χ2n) is 5.36. The molecule has 0 unspecified atom stereocenters. The molecule has 1 nitrogen and oxygen atoms in total. The third kappa shape index (κ3) is 1.17. The molecule has 1 saturated carbocycles. The minimum Gasteiger partial charge on any atom is -0.295 e. The number of fused-ring (bicyclic) bond motifs is 5. The van der Waals surface area contributed by atoms with Crippen molar-refractivity contribution in [1.82, 2.24) is 0 Å². The first-order valence-electron chi connectivity index (χ1n) is 6.34. The van der Waals surface area contributed by atoms with Crippen molar-refractivity contribution in [2.75, 3.05) is 0 Å². The van der Waals surface area contributed by atoms with E-state index in [0.29, 0.717) is 23.5 Å². The van der Waals surface area contributed by atoms with Crippen molar-refractivity contribution in [1.29, 1.82) is 0 Å². The van der Waals surface area contributed by atoms with Crippen LogP contribution < -0.4 is 0 Å². The zero-order chi connectivity index (χ0) is 11.4. The first-order valence-corrected chi connectivity index (χ1v) is 6.34. The topological polar surface area (TPSA) is 17.1 Å². The highest BCUT2D eigenvalue weighted by atomic mass is 16.1. The monoisotopic (exact) mass is 222 g/mol. The molecule has 0 N–H and O–H groups in total. The maximum atomic E-state index is 11.8. The predicted octanol–water partition coefficient (Wildman–Crippen LogP) is 3.09. The molecule has 1 aromatic carbocycles. The van der Waals surface area contributed by atoms with E-state index in [0.717, 1.165) is 0 Å². The molecule has 0 amide bonds. The molecule has 1 heteroatoms. The number of carbonyl (C=O) groups excluding carboxylic acids is 1. The van der Waals surface area contributed by atoms with E-state index in [9.17, 15) is 4.79 Å². The van der Waals surface area contributed by atoms with Gasteiger partial charge in [-0.3, -0.25) is 4.79 Å². The van der Waals surface area contributed by atoms with Gasteiger partial charge in [-0.25, -0.2) is 0 Å². The highest BCUT2D eigenvalue weighted by Gasteiger charge is 2.51. The lowest BCUT2D eigenvalue weighted by molar-refractivity contribution is -0.118. The number of hydrogen-bond donors (Lipinski definition) is 0. The van der Waals surface area contributed by atoms with Crippen LogP contribution in [0, 0.1) is 23.7 Å². The number of ketones is 1. The first kappa shape index (κ1) is 9.41. The van der Waals surface area contributed by atoms with Gasteiger partial charge in [-0.05, 0) is 41.4 Å². The van der Waals surface area contributed by atoms with Crippen molar-refractivity contribution in [3.05, 3.63) is 54.1 Å². The van der Waals surface area contributed by atoms with Crippen LogP contribution in [0.5, 0.6) is 0 Å². The first-order chi connectivity index (χ1) is 8.34. The normalized spacial score (nSPS) is 37.4. The molecule has 0 heterocycles. The van der Waals surface area contributed by atoms with E-state index in [4.69, 9.17) is 0 Å². The van der Waals surface area contributed by atoms with E-state index in [-0.39, 0.29) is 5.92 Å². The van der Waals surface area contributed by atoms with Gasteiger partial charge in [0.15, 0.2) is 5.78 Å². The highest BCUT2D eigenvalue weighted by Crippen LogP contribution is 2.57. The average Bonchev–Trinajstić information content (AvgIpc) is 3.03. The second-order valence-corrected chi connectivity index (χ2v) is 5.36. The molecule has 3 aliphatic rings. The van der Waals surface area contributed by atoms with Gasteiger partial charge in [-0.15, -0.1) is 0 Å². The fourth-order valence-corrected chi connectivity index (χ4v) is 3.91. The molecule has 0 aromatic heterocycles. The average molecular weight is 222 g/mol. The van der Waals surface area contributed by atoms with Gasteiger partial charge in [0.25, 0.3) is 0 Å². The zero-order valence-corrected chi connectivity index (χ0v) is 9.54. The lowest BCUT2D eigenvalue weighted by atomic mass is 9.79. The number of carbonyl (C=O) groups is 1. The second kappa shape index (κ2) is 3.19. The molecule has 0 radical (unpaired) electrons. The van der Waals surface area contributed by atoms with E-state index in [1.807, 2.05) is 0 Å². The largest absolute Gasteiger partial charge is 0.295 e. The Kier molecular flexibility index (Phi) is 1.77. The van der Waals surface area contributed by atoms with Crippen molar-refractivity contribution in [3.8, 4) is 0 Å². The molecule has 1 fully saturated rings. The molecular weight excluding hydrogens is 208 g/mol. The van der Waals surface area contributed by atoms with Gasteiger partial charge in [0.05, 0.1) is 0 Å². The van der Waals surface area contributed by atoms with Gasteiger partial charge in [-0.2, -0.15) is 0 Å². The number of benzene rings is 1. The summed E-state index contributed by atoms with van der Waals surface area (Å²) in [7, 11) is 0. The molecule has 3 aliphatic carbocycles. The molecule has 0 spiro atoms. The molecule has 4 atom stereocenters. The Labute approximate surface area is 101 Å². The quantitative estimate of drug-likeness (QED) is 0.713. The number of allylic oxidation sites excluding steroid dienone is 4. The maximum absolute atomic E-state index is 11.8. The Morgan fingerprint density at radius 3 is 2.76 bits per heavy atom. The van der Waals surface area contributed by atoms with Gasteiger partial charge in [-0.1, -0.05) is 42.5 Å². The Morgan fingerprint density at radius 2 is 1.94 bits per heavy atom. The summed E-state index contributed by atoms with van der Waals surface area (Å²) < 4.78 is 0. The highest BCUT2D eigenvalue weighted by molar-refractivity contribution is 5.97. The Balaban J connectivity index is 1.76. The van der Waals surface area contributed by atoms with Gasteiger partial charge in [0.2, 0.25) is 0 Å². The van der Waals surface area contributed by atoms with Gasteiger partial charge in [0.1, 0.15) is 0 Å². The smallest absolute Gasteiger partial charge is 0.159 e. The molecule has 4 rings (SSSR count). The van der Waals surface area contributed by atoms with Gasteiger partial charge >= 0.3 is 0 Å². The van der Waals surface area contributed by atoms with Gasteiger partial charge < -0.3 is 0 Å². The standard InChI is InChI=1S/C16H14O/c17-15-7-6-12-14-9-11(16(12)15)8-13(14)10-4-2-1-3-5-10/h1-8,11-12,14,16H,9H2/t11-,12+,14+,16-/m0/s1. The molecule has 2 bridgehead atoms. The summed E-state index contributed by atoms with van der Waals surface area (Å²) in [6.07, 6.45) is 7.48. The summed E-state index contributed by atoms with van der Waals surface area (Å²) in [5.41, 5.74) is 2.81. The van der Waals surface area contributed by atoms with E-state index in [2.05, 4.69) is 42.5 Å². The fourth-order valence-electron chi connectivity index (χ4n) is 3.91. The van der Waals surface area contributed by atoms with Crippen LogP contribution in [0.1, 0.15) is 12.0 Å². The third-order valence-electron chi connectivity index (χ3n) is 4.58. The van der Waals surface area contributed by atoms with Crippen LogP contribution in [0.2, 0.25) is 0 Å². The summed E-state index contributed by atoms with van der Waals surface area (Å²) in [6, 6.07) is 10.6. The Hall–Kier alpha value is -1.63. The van der Waals surface area contributed by atoms with Crippen LogP contribution in [-0.4, -0.2) is 5.78 Å².